The van der Waals surface area contributed by atoms with E-state index in [9.17, 15) is 0 Å². The van der Waals surface area contributed by atoms with Gasteiger partial charge in [-0.3, -0.25) is 4.99 Å². The normalized spacial score (nSPS) is 25.5. The van der Waals surface area contributed by atoms with Gasteiger partial charge in [0.15, 0.2) is 5.96 Å². The fraction of sp³-hybridized carbons (Fsp3) is 0.938. The van der Waals surface area contributed by atoms with Crippen LogP contribution in [0.4, 0.5) is 0 Å². The van der Waals surface area contributed by atoms with Crippen LogP contribution in [0.15, 0.2) is 4.99 Å². The standard InChI is InChI=1S/C16H32N4O2/c1-4-17-15(18-12-14-6-5-9-22-14)19-13-16(20(2)3)7-10-21-11-8-16/h14H,4-13H2,1-3H3,(H2,17,18,19). The van der Waals surface area contributed by atoms with Gasteiger partial charge in [-0.05, 0) is 46.7 Å². The third-order valence-corrected chi connectivity index (χ3v) is 4.77. The van der Waals surface area contributed by atoms with E-state index >= 15 is 0 Å². The van der Waals surface area contributed by atoms with Crippen molar-refractivity contribution in [2.75, 3.05) is 53.6 Å². The Balaban J connectivity index is 1.91. The van der Waals surface area contributed by atoms with Crippen molar-refractivity contribution in [3.63, 3.8) is 0 Å². The van der Waals surface area contributed by atoms with E-state index in [1.807, 2.05) is 0 Å². The van der Waals surface area contributed by atoms with Crippen molar-refractivity contribution >= 4 is 5.96 Å². The van der Waals surface area contributed by atoms with Gasteiger partial charge in [-0.15, -0.1) is 0 Å². The van der Waals surface area contributed by atoms with Crippen LogP contribution < -0.4 is 10.6 Å². The van der Waals surface area contributed by atoms with Gasteiger partial charge in [-0.25, -0.2) is 0 Å². The molecule has 6 nitrogen and oxygen atoms in total. The highest BCUT2D eigenvalue weighted by molar-refractivity contribution is 5.79. The van der Waals surface area contributed by atoms with Crippen molar-refractivity contribution < 1.29 is 9.47 Å². The highest BCUT2D eigenvalue weighted by Gasteiger charge is 2.34. The molecule has 0 aromatic heterocycles. The topological polar surface area (TPSA) is 58.1 Å². The number of hydrogen-bond donors (Lipinski definition) is 2. The summed E-state index contributed by atoms with van der Waals surface area (Å²) in [5.74, 6) is 0.894. The van der Waals surface area contributed by atoms with Crippen LogP contribution in [0.25, 0.3) is 0 Å². The summed E-state index contributed by atoms with van der Waals surface area (Å²) in [5.41, 5.74) is 0.116. The summed E-state index contributed by atoms with van der Waals surface area (Å²) in [5, 5.41) is 6.76. The van der Waals surface area contributed by atoms with Gasteiger partial charge in [0.25, 0.3) is 0 Å². The average Bonchev–Trinajstić information content (AvgIpc) is 3.04. The Hall–Kier alpha value is -0.850. The van der Waals surface area contributed by atoms with Crippen LogP contribution >= 0.6 is 0 Å². The van der Waals surface area contributed by atoms with Gasteiger partial charge in [0, 0.05) is 38.4 Å². The zero-order valence-corrected chi connectivity index (χ0v) is 14.4. The van der Waals surface area contributed by atoms with E-state index in [-0.39, 0.29) is 5.54 Å². The van der Waals surface area contributed by atoms with Crippen molar-refractivity contribution in [1.29, 1.82) is 0 Å². The van der Waals surface area contributed by atoms with Crippen LogP contribution in [0.2, 0.25) is 0 Å². The number of hydrogen-bond acceptors (Lipinski definition) is 4. The smallest absolute Gasteiger partial charge is 0.191 e. The van der Waals surface area contributed by atoms with E-state index in [0.29, 0.717) is 6.10 Å². The zero-order chi connectivity index (χ0) is 15.8. The quantitative estimate of drug-likeness (QED) is 0.562. The summed E-state index contributed by atoms with van der Waals surface area (Å²) in [7, 11) is 4.29. The Morgan fingerprint density at radius 1 is 1.23 bits per heavy atom. The second kappa shape index (κ2) is 8.70. The maximum absolute atomic E-state index is 5.66. The minimum Gasteiger partial charge on any atom is -0.381 e. The van der Waals surface area contributed by atoms with Gasteiger partial charge < -0.3 is 25.0 Å². The molecule has 0 aliphatic carbocycles. The number of aliphatic imine (C=N–C) groups is 1. The third-order valence-electron chi connectivity index (χ3n) is 4.77. The van der Waals surface area contributed by atoms with Crippen LogP contribution in [0, 0.1) is 0 Å². The summed E-state index contributed by atoms with van der Waals surface area (Å²) >= 11 is 0. The Bertz CT molecular complexity index is 348. The summed E-state index contributed by atoms with van der Waals surface area (Å²) in [6.07, 6.45) is 4.72. The van der Waals surface area contributed by atoms with E-state index in [1.165, 1.54) is 6.42 Å². The first-order valence-electron chi connectivity index (χ1n) is 8.55. The first kappa shape index (κ1) is 17.5. The predicted octanol–water partition coefficient (Wildman–Crippen LogP) is 0.831. The van der Waals surface area contributed by atoms with E-state index in [0.717, 1.165) is 64.7 Å². The van der Waals surface area contributed by atoms with Gasteiger partial charge in [0.2, 0.25) is 0 Å². The van der Waals surface area contributed by atoms with Gasteiger partial charge in [0.05, 0.1) is 12.6 Å². The molecule has 6 heteroatoms. The van der Waals surface area contributed by atoms with Gasteiger partial charge >= 0.3 is 0 Å². The molecule has 128 valence electrons. The van der Waals surface area contributed by atoms with Gasteiger partial charge in [-0.2, -0.15) is 0 Å². The predicted molar refractivity (Wildman–Crippen MR) is 89.4 cm³/mol. The van der Waals surface area contributed by atoms with Crippen molar-refractivity contribution in [2.45, 2.75) is 44.2 Å². The molecule has 0 amide bonds. The number of rotatable bonds is 6. The third kappa shape index (κ3) is 4.83. The van der Waals surface area contributed by atoms with Gasteiger partial charge in [-0.1, -0.05) is 0 Å². The molecule has 0 radical (unpaired) electrons. The summed E-state index contributed by atoms with van der Waals surface area (Å²) in [6, 6.07) is 0. The highest BCUT2D eigenvalue weighted by Crippen LogP contribution is 2.26. The number of nitrogens with one attached hydrogen (secondary N) is 2. The van der Waals surface area contributed by atoms with E-state index in [4.69, 9.17) is 14.5 Å². The molecule has 1 atom stereocenters. The Morgan fingerprint density at radius 2 is 2.00 bits per heavy atom. The molecule has 0 saturated carbocycles. The van der Waals surface area contributed by atoms with Crippen LogP contribution in [-0.2, 0) is 9.47 Å². The maximum Gasteiger partial charge on any atom is 0.191 e. The average molecular weight is 312 g/mol. The molecule has 2 heterocycles. The number of nitrogens with zero attached hydrogens (tertiary/aromatic N) is 2. The number of ether oxygens (including phenoxy) is 2. The van der Waals surface area contributed by atoms with E-state index < -0.39 is 0 Å². The molecule has 1 unspecified atom stereocenters. The molecule has 2 aliphatic rings. The molecule has 2 fully saturated rings. The van der Waals surface area contributed by atoms with Crippen LogP contribution in [-0.4, -0.2) is 76.1 Å². The SMILES string of the molecule is CCNC(=NCC1(N(C)C)CCOCC1)NCC1CCCO1. The monoisotopic (exact) mass is 312 g/mol. The summed E-state index contributed by atoms with van der Waals surface area (Å²) < 4.78 is 11.2. The minimum absolute atomic E-state index is 0.116. The van der Waals surface area contributed by atoms with Crippen molar-refractivity contribution in [3.8, 4) is 0 Å². The summed E-state index contributed by atoms with van der Waals surface area (Å²) in [6.45, 7) is 7.15. The lowest BCUT2D eigenvalue weighted by Crippen LogP contribution is -2.52. The molecule has 2 aliphatic heterocycles. The highest BCUT2D eigenvalue weighted by atomic mass is 16.5. The van der Waals surface area contributed by atoms with E-state index in [2.05, 4.69) is 36.6 Å². The van der Waals surface area contributed by atoms with E-state index in [1.54, 1.807) is 0 Å². The molecule has 22 heavy (non-hydrogen) atoms. The second-order valence-corrected chi connectivity index (χ2v) is 6.44. The largest absolute Gasteiger partial charge is 0.381 e. The lowest BCUT2D eigenvalue weighted by molar-refractivity contribution is -0.00255. The number of likely N-dealkylation sites (N-methyl/N-ethyl adjacent to an activating group) is 1. The molecule has 2 rings (SSSR count). The molecule has 0 aromatic rings. The van der Waals surface area contributed by atoms with Crippen LogP contribution in [0.5, 0.6) is 0 Å². The zero-order valence-electron chi connectivity index (χ0n) is 14.4. The van der Waals surface area contributed by atoms with Crippen molar-refractivity contribution in [2.24, 2.45) is 4.99 Å². The summed E-state index contributed by atoms with van der Waals surface area (Å²) in [4.78, 5) is 7.14. The van der Waals surface area contributed by atoms with Crippen LogP contribution in [0.3, 0.4) is 0 Å². The number of guanidine groups is 1. The molecule has 0 spiro atoms. The van der Waals surface area contributed by atoms with Crippen molar-refractivity contribution in [1.82, 2.24) is 15.5 Å². The van der Waals surface area contributed by atoms with Crippen LogP contribution in [0.1, 0.15) is 32.6 Å². The minimum atomic E-state index is 0.116. The molecule has 2 saturated heterocycles. The second-order valence-electron chi connectivity index (χ2n) is 6.44. The molecule has 2 N–H and O–H groups in total. The first-order chi connectivity index (χ1) is 10.7. The lowest BCUT2D eigenvalue weighted by Gasteiger charge is -2.41. The molecular formula is C16H32N4O2. The van der Waals surface area contributed by atoms with Gasteiger partial charge in [0.1, 0.15) is 0 Å². The Morgan fingerprint density at radius 3 is 2.59 bits per heavy atom. The fourth-order valence-electron chi connectivity index (χ4n) is 3.08. The van der Waals surface area contributed by atoms with Crippen molar-refractivity contribution in [3.05, 3.63) is 0 Å². The fourth-order valence-corrected chi connectivity index (χ4v) is 3.08. The Kier molecular flexibility index (Phi) is 6.92. The molecular weight excluding hydrogens is 280 g/mol. The Labute approximate surface area is 134 Å². The first-order valence-corrected chi connectivity index (χ1v) is 8.55. The molecule has 0 bridgehead atoms. The maximum atomic E-state index is 5.66. The lowest BCUT2D eigenvalue weighted by atomic mass is 9.89. The molecule has 0 aromatic carbocycles.